The quantitative estimate of drug-likeness (QED) is 0.784. The van der Waals surface area contributed by atoms with Crippen molar-refractivity contribution in [3.8, 4) is 5.75 Å². The van der Waals surface area contributed by atoms with Crippen molar-refractivity contribution in [3.05, 3.63) is 48.5 Å². The third kappa shape index (κ3) is 4.73. The van der Waals surface area contributed by atoms with Crippen LogP contribution in [0.25, 0.3) is 0 Å². The van der Waals surface area contributed by atoms with Crippen molar-refractivity contribution in [2.24, 2.45) is 0 Å². The van der Waals surface area contributed by atoms with Crippen LogP contribution in [0.1, 0.15) is 19.8 Å². The molecule has 1 fully saturated rings. The lowest BCUT2D eigenvalue weighted by Crippen LogP contribution is -2.39. The van der Waals surface area contributed by atoms with E-state index < -0.39 is 10.0 Å². The molecule has 146 valence electrons. The van der Waals surface area contributed by atoms with Crippen LogP contribution in [-0.4, -0.2) is 41.3 Å². The van der Waals surface area contributed by atoms with E-state index in [1.165, 1.54) is 0 Å². The first-order chi connectivity index (χ1) is 13.0. The molecular formula is C20H26N2O4S. The van der Waals surface area contributed by atoms with Crippen molar-refractivity contribution >= 4 is 21.4 Å². The molecule has 0 aliphatic carbocycles. The lowest BCUT2D eigenvalue weighted by Gasteiger charge is -2.33. The van der Waals surface area contributed by atoms with Crippen LogP contribution in [-0.2, 0) is 14.8 Å². The lowest BCUT2D eigenvalue weighted by atomic mass is 10.1. The summed E-state index contributed by atoms with van der Waals surface area (Å²) in [5.41, 5.74) is 1.58. The molecule has 2 aromatic carbocycles. The van der Waals surface area contributed by atoms with Crippen LogP contribution in [0.3, 0.4) is 0 Å². The summed E-state index contributed by atoms with van der Waals surface area (Å²) in [6.07, 6.45) is 2.40. The van der Waals surface area contributed by atoms with Gasteiger partial charge in [0.1, 0.15) is 10.6 Å². The van der Waals surface area contributed by atoms with Gasteiger partial charge in [0.15, 0.2) is 0 Å². The highest BCUT2D eigenvalue weighted by Crippen LogP contribution is 2.27. The van der Waals surface area contributed by atoms with Gasteiger partial charge in [-0.05, 0) is 56.2 Å². The Morgan fingerprint density at radius 1 is 1.15 bits per heavy atom. The van der Waals surface area contributed by atoms with Crippen molar-refractivity contribution in [3.63, 3.8) is 0 Å². The average molecular weight is 391 g/mol. The third-order valence-electron chi connectivity index (χ3n) is 4.63. The number of sulfonamides is 1. The van der Waals surface area contributed by atoms with Crippen LogP contribution < -0.4 is 14.4 Å². The fourth-order valence-corrected chi connectivity index (χ4v) is 4.47. The van der Waals surface area contributed by atoms with Gasteiger partial charge in [-0.2, -0.15) is 0 Å². The second-order valence-electron chi connectivity index (χ2n) is 6.48. The van der Waals surface area contributed by atoms with Gasteiger partial charge in [0.2, 0.25) is 0 Å². The second-order valence-corrected chi connectivity index (χ2v) is 8.13. The van der Waals surface area contributed by atoms with Gasteiger partial charge in [0.25, 0.3) is 10.0 Å². The number of hydrogen-bond donors (Lipinski definition) is 1. The molecule has 0 amide bonds. The Bertz CT molecular complexity index is 853. The molecule has 0 aromatic heterocycles. The number of piperidine rings is 1. The summed E-state index contributed by atoms with van der Waals surface area (Å²) in [5, 5.41) is 0. The van der Waals surface area contributed by atoms with Gasteiger partial charge in [-0.1, -0.05) is 12.1 Å². The molecule has 1 saturated heterocycles. The van der Waals surface area contributed by atoms with E-state index in [2.05, 4.69) is 9.62 Å². The molecule has 1 heterocycles. The molecule has 1 atom stereocenters. The van der Waals surface area contributed by atoms with Crippen molar-refractivity contribution in [1.82, 2.24) is 0 Å². The van der Waals surface area contributed by atoms with Crippen LogP contribution in [0.5, 0.6) is 5.75 Å². The summed E-state index contributed by atoms with van der Waals surface area (Å²) in [7, 11) is -1.98. The zero-order chi connectivity index (χ0) is 19.3. The number of nitrogens with one attached hydrogen (secondary N) is 1. The van der Waals surface area contributed by atoms with Gasteiger partial charge >= 0.3 is 0 Å². The summed E-state index contributed by atoms with van der Waals surface area (Å²) >= 11 is 0. The van der Waals surface area contributed by atoms with E-state index in [4.69, 9.17) is 9.47 Å². The first kappa shape index (κ1) is 19.5. The Kier molecular flexibility index (Phi) is 6.23. The summed E-state index contributed by atoms with van der Waals surface area (Å²) in [5.74, 6) is 0.350. The van der Waals surface area contributed by atoms with Gasteiger partial charge in [-0.15, -0.1) is 0 Å². The molecule has 7 heteroatoms. The third-order valence-corrected chi connectivity index (χ3v) is 6.06. The highest BCUT2D eigenvalue weighted by Gasteiger charge is 2.21. The monoisotopic (exact) mass is 390 g/mol. The first-order valence-corrected chi connectivity index (χ1v) is 10.6. The SMILES string of the molecule is CCOc1ccccc1S(=O)(=O)Nc1ccc(N2CCCC(OC)C2)cc1. The second kappa shape index (κ2) is 8.63. The van der Waals surface area contributed by atoms with Gasteiger partial charge in [0.05, 0.1) is 12.7 Å². The Morgan fingerprint density at radius 2 is 1.89 bits per heavy atom. The summed E-state index contributed by atoms with van der Waals surface area (Å²) < 4.78 is 39.0. The Labute approximate surface area is 161 Å². The Balaban J connectivity index is 1.74. The molecule has 1 aliphatic heterocycles. The largest absolute Gasteiger partial charge is 0.492 e. The molecule has 0 saturated carbocycles. The number of benzene rings is 2. The minimum Gasteiger partial charge on any atom is -0.492 e. The maximum absolute atomic E-state index is 12.7. The van der Waals surface area contributed by atoms with E-state index in [9.17, 15) is 8.42 Å². The molecule has 0 spiro atoms. The standard InChI is InChI=1S/C20H26N2O4S/c1-3-26-19-8-4-5-9-20(19)27(23,24)21-16-10-12-17(13-11-16)22-14-6-7-18(15-22)25-2/h4-5,8-13,18,21H,3,6-7,14-15H2,1-2H3. The fraction of sp³-hybridized carbons (Fsp3) is 0.400. The smallest absolute Gasteiger partial charge is 0.265 e. The Morgan fingerprint density at radius 3 is 2.59 bits per heavy atom. The molecule has 3 rings (SSSR count). The van der Waals surface area contributed by atoms with Gasteiger partial charge in [-0.25, -0.2) is 8.42 Å². The van der Waals surface area contributed by atoms with E-state index >= 15 is 0 Å². The molecule has 27 heavy (non-hydrogen) atoms. The highest BCUT2D eigenvalue weighted by molar-refractivity contribution is 7.92. The minimum atomic E-state index is -3.73. The number of rotatable bonds is 7. The number of hydrogen-bond acceptors (Lipinski definition) is 5. The molecule has 1 N–H and O–H groups in total. The van der Waals surface area contributed by atoms with Crippen molar-refractivity contribution in [2.45, 2.75) is 30.8 Å². The van der Waals surface area contributed by atoms with Gasteiger partial charge < -0.3 is 14.4 Å². The normalized spacial score (nSPS) is 17.6. The van der Waals surface area contributed by atoms with Crippen molar-refractivity contribution < 1.29 is 17.9 Å². The Hall–Kier alpha value is -2.25. The minimum absolute atomic E-state index is 0.134. The molecule has 1 aliphatic rings. The highest BCUT2D eigenvalue weighted by atomic mass is 32.2. The summed E-state index contributed by atoms with van der Waals surface area (Å²) in [4.78, 5) is 2.40. The zero-order valence-corrected chi connectivity index (χ0v) is 16.5. The first-order valence-electron chi connectivity index (χ1n) is 9.16. The van der Waals surface area contributed by atoms with Crippen LogP contribution in [0.2, 0.25) is 0 Å². The maximum atomic E-state index is 12.7. The zero-order valence-electron chi connectivity index (χ0n) is 15.7. The van der Waals surface area contributed by atoms with Gasteiger partial charge in [-0.3, -0.25) is 4.72 Å². The maximum Gasteiger partial charge on any atom is 0.265 e. The van der Waals surface area contributed by atoms with Crippen LogP contribution in [0.4, 0.5) is 11.4 Å². The van der Waals surface area contributed by atoms with Gasteiger partial charge in [0, 0.05) is 31.6 Å². The summed E-state index contributed by atoms with van der Waals surface area (Å²) in [6.45, 7) is 4.06. The predicted octanol–water partition coefficient (Wildman–Crippen LogP) is 3.50. The number of methoxy groups -OCH3 is 1. The molecule has 1 unspecified atom stereocenters. The molecule has 2 aromatic rings. The van der Waals surface area contributed by atoms with E-state index in [1.807, 2.05) is 19.1 Å². The molecule has 6 nitrogen and oxygen atoms in total. The van der Waals surface area contributed by atoms with E-state index in [0.717, 1.165) is 31.6 Å². The van der Waals surface area contributed by atoms with Crippen LogP contribution in [0.15, 0.2) is 53.4 Å². The number of nitrogens with zero attached hydrogens (tertiary/aromatic N) is 1. The van der Waals surface area contributed by atoms with Crippen molar-refractivity contribution in [1.29, 1.82) is 0 Å². The van der Waals surface area contributed by atoms with Crippen molar-refractivity contribution in [2.75, 3.05) is 36.4 Å². The molecular weight excluding hydrogens is 364 g/mol. The van der Waals surface area contributed by atoms with Crippen LogP contribution in [0, 0.1) is 0 Å². The van der Waals surface area contributed by atoms with E-state index in [1.54, 1.807) is 43.5 Å². The molecule has 0 bridgehead atoms. The average Bonchev–Trinajstić information content (AvgIpc) is 2.69. The van der Waals surface area contributed by atoms with E-state index in [0.29, 0.717) is 18.0 Å². The number of ether oxygens (including phenoxy) is 2. The van der Waals surface area contributed by atoms with Crippen LogP contribution >= 0.6 is 0 Å². The predicted molar refractivity (Wildman–Crippen MR) is 107 cm³/mol. The fourth-order valence-electron chi connectivity index (χ4n) is 3.26. The number of anilines is 2. The number of para-hydroxylation sites is 1. The summed E-state index contributed by atoms with van der Waals surface area (Å²) in [6, 6.07) is 14.1. The molecule has 0 radical (unpaired) electrons. The lowest BCUT2D eigenvalue weighted by molar-refractivity contribution is 0.0893. The van der Waals surface area contributed by atoms with E-state index in [-0.39, 0.29) is 11.0 Å². The topological polar surface area (TPSA) is 67.9 Å².